The first-order valence-electron chi connectivity index (χ1n) is 12.5. The second kappa shape index (κ2) is 13.4. The van der Waals surface area contributed by atoms with E-state index < -0.39 is 0 Å². The molecule has 0 bridgehead atoms. The smallest absolute Gasteiger partial charge is 0.267 e. The molecule has 1 fully saturated rings. The first kappa shape index (κ1) is 29.0. The van der Waals surface area contributed by atoms with E-state index in [0.717, 1.165) is 11.8 Å². The van der Waals surface area contributed by atoms with Crippen molar-refractivity contribution in [1.82, 2.24) is 4.90 Å². The highest BCUT2D eigenvalue weighted by atomic mass is 35.5. The van der Waals surface area contributed by atoms with Crippen LogP contribution in [0.5, 0.6) is 11.5 Å². The van der Waals surface area contributed by atoms with Crippen molar-refractivity contribution in [3.8, 4) is 11.5 Å². The number of benzene rings is 3. The molecule has 2 N–H and O–H groups in total. The third-order valence-electron chi connectivity index (χ3n) is 5.80. The second-order valence-corrected chi connectivity index (χ2v) is 10.7. The molecule has 5 rings (SSSR count). The van der Waals surface area contributed by atoms with Crippen molar-refractivity contribution in [2.24, 2.45) is 10.2 Å². The zero-order valence-corrected chi connectivity index (χ0v) is 24.1. The monoisotopic (exact) mass is 620 g/mol. The molecule has 0 radical (unpaired) electrons. The molecule has 42 heavy (non-hydrogen) atoms. The summed E-state index contributed by atoms with van der Waals surface area (Å²) in [5.41, 5.74) is 1.56. The van der Waals surface area contributed by atoms with Gasteiger partial charge in [0, 0.05) is 26.9 Å². The number of hydrogen-bond acceptors (Lipinski definition) is 8. The number of aromatic hydroxyl groups is 1. The van der Waals surface area contributed by atoms with Crippen LogP contribution in [0.15, 0.2) is 105 Å². The predicted molar refractivity (Wildman–Crippen MR) is 165 cm³/mol. The maximum absolute atomic E-state index is 13.5. The predicted octanol–water partition coefficient (Wildman–Crippen LogP) is 6.82. The van der Waals surface area contributed by atoms with E-state index in [9.17, 15) is 14.7 Å². The van der Waals surface area contributed by atoms with Crippen molar-refractivity contribution in [2.45, 2.75) is 6.54 Å². The van der Waals surface area contributed by atoms with Gasteiger partial charge in [0.05, 0.1) is 23.9 Å². The summed E-state index contributed by atoms with van der Waals surface area (Å²) in [6.45, 7) is -0.109. The van der Waals surface area contributed by atoms with Gasteiger partial charge in [-0.15, -0.1) is 5.10 Å². The summed E-state index contributed by atoms with van der Waals surface area (Å²) in [4.78, 5) is 27.7. The number of carbonyl (C=O) groups excluding carboxylic acids is 2. The summed E-state index contributed by atoms with van der Waals surface area (Å²) in [7, 11) is 0. The number of phenols is 1. The topological polar surface area (TPSA) is 117 Å². The van der Waals surface area contributed by atoms with Crippen LogP contribution in [0.25, 0.3) is 6.08 Å². The van der Waals surface area contributed by atoms with Crippen molar-refractivity contribution in [3.05, 3.63) is 117 Å². The molecule has 1 aliphatic rings. The molecule has 0 atom stereocenters. The van der Waals surface area contributed by atoms with E-state index in [4.69, 9.17) is 32.4 Å². The van der Waals surface area contributed by atoms with Crippen LogP contribution in [0.1, 0.15) is 16.9 Å². The number of furan rings is 1. The van der Waals surface area contributed by atoms with E-state index in [-0.39, 0.29) is 30.7 Å². The molecular formula is C30H22Cl2N4O5S. The van der Waals surface area contributed by atoms with Crippen molar-refractivity contribution in [1.29, 1.82) is 0 Å². The van der Waals surface area contributed by atoms with Crippen molar-refractivity contribution in [3.63, 3.8) is 0 Å². The fourth-order valence-electron chi connectivity index (χ4n) is 3.80. The van der Waals surface area contributed by atoms with E-state index in [1.165, 1.54) is 23.4 Å². The molecule has 12 heteroatoms. The molecule has 2 heterocycles. The highest BCUT2D eigenvalue weighted by Gasteiger charge is 2.34. The Balaban J connectivity index is 1.35. The number of thioether (sulfide) groups is 1. The summed E-state index contributed by atoms with van der Waals surface area (Å²) in [5, 5.41) is 22.4. The molecule has 1 aromatic heterocycles. The minimum atomic E-state index is -0.353. The number of anilines is 1. The molecule has 4 aromatic rings. The molecule has 2 amide bonds. The van der Waals surface area contributed by atoms with Crippen LogP contribution in [0.3, 0.4) is 0 Å². The number of halogens is 2. The maximum Gasteiger partial charge on any atom is 0.267 e. The van der Waals surface area contributed by atoms with Gasteiger partial charge in [0.2, 0.25) is 0 Å². The van der Waals surface area contributed by atoms with Crippen LogP contribution in [0, 0.1) is 0 Å². The summed E-state index contributed by atoms with van der Waals surface area (Å²) >= 11 is 13.0. The third-order valence-corrected chi connectivity index (χ3v) is 7.29. The number of hydrogen-bond donors (Lipinski definition) is 2. The van der Waals surface area contributed by atoms with E-state index in [1.54, 1.807) is 78.9 Å². The van der Waals surface area contributed by atoms with E-state index in [1.807, 2.05) is 0 Å². The van der Waals surface area contributed by atoms with Crippen LogP contribution in [-0.2, 0) is 16.1 Å². The summed E-state index contributed by atoms with van der Waals surface area (Å²) in [6.07, 6.45) is 4.54. The van der Waals surface area contributed by atoms with Crippen LogP contribution in [-0.4, -0.2) is 39.8 Å². The number of carbonyl (C=O) groups is 2. The molecule has 1 aliphatic heterocycles. The lowest BCUT2D eigenvalue weighted by atomic mass is 10.2. The van der Waals surface area contributed by atoms with Gasteiger partial charge < -0.3 is 19.6 Å². The molecule has 1 saturated heterocycles. The van der Waals surface area contributed by atoms with Crippen LogP contribution < -0.4 is 10.1 Å². The normalized spacial score (nSPS) is 15.2. The summed E-state index contributed by atoms with van der Waals surface area (Å²) in [6, 6.07) is 21.8. The minimum Gasteiger partial charge on any atom is -0.507 e. The minimum absolute atomic E-state index is 0.00928. The Labute approximate surface area is 255 Å². The molecule has 9 nitrogen and oxygen atoms in total. The largest absolute Gasteiger partial charge is 0.507 e. The van der Waals surface area contributed by atoms with Crippen LogP contribution in [0.4, 0.5) is 5.69 Å². The number of nitrogens with zero attached hydrogens (tertiary/aromatic N) is 3. The summed E-state index contributed by atoms with van der Waals surface area (Å²) in [5.74, 6) is 0.303. The number of amides is 2. The Hall–Kier alpha value is -4.51. The van der Waals surface area contributed by atoms with Gasteiger partial charge in [0.25, 0.3) is 11.8 Å². The van der Waals surface area contributed by atoms with Gasteiger partial charge in [-0.1, -0.05) is 41.4 Å². The highest BCUT2D eigenvalue weighted by Crippen LogP contribution is 2.35. The fraction of sp³-hybridized carbons (Fsp3) is 0.0667. The van der Waals surface area contributed by atoms with Gasteiger partial charge >= 0.3 is 0 Å². The highest BCUT2D eigenvalue weighted by molar-refractivity contribution is 8.18. The Morgan fingerprint density at radius 2 is 1.81 bits per heavy atom. The molecule has 0 saturated carbocycles. The van der Waals surface area contributed by atoms with Gasteiger partial charge in [0.1, 0.15) is 17.3 Å². The lowest BCUT2D eigenvalue weighted by Gasteiger charge is -2.12. The van der Waals surface area contributed by atoms with Gasteiger partial charge in [-0.25, -0.2) is 0 Å². The van der Waals surface area contributed by atoms with Gasteiger partial charge in [-0.05, 0) is 78.5 Å². The van der Waals surface area contributed by atoms with Gasteiger partial charge in [-0.3, -0.25) is 14.5 Å². The molecule has 212 valence electrons. The first-order chi connectivity index (χ1) is 20.4. The van der Waals surface area contributed by atoms with E-state index in [0.29, 0.717) is 48.4 Å². The quantitative estimate of drug-likeness (QED) is 0.120. The van der Waals surface area contributed by atoms with Crippen molar-refractivity contribution in [2.75, 3.05) is 11.9 Å². The number of para-hydroxylation sites is 1. The molecule has 0 spiro atoms. The first-order valence-corrected chi connectivity index (χ1v) is 14.0. The average Bonchev–Trinajstić information content (AvgIpc) is 3.60. The second-order valence-electron chi connectivity index (χ2n) is 8.79. The van der Waals surface area contributed by atoms with Crippen molar-refractivity contribution < 1.29 is 23.8 Å². The Kier molecular flexibility index (Phi) is 9.28. The number of ether oxygens (including phenoxy) is 1. The average molecular weight is 622 g/mol. The Morgan fingerprint density at radius 3 is 2.60 bits per heavy atom. The molecule has 3 aromatic carbocycles. The van der Waals surface area contributed by atoms with Crippen LogP contribution >= 0.6 is 35.0 Å². The maximum atomic E-state index is 13.5. The molecule has 0 unspecified atom stereocenters. The van der Waals surface area contributed by atoms with Gasteiger partial charge in [0.15, 0.2) is 11.8 Å². The van der Waals surface area contributed by atoms with Gasteiger partial charge in [-0.2, -0.15) is 5.10 Å². The zero-order valence-electron chi connectivity index (χ0n) is 21.7. The Bertz CT molecular complexity index is 1690. The molecule has 0 aliphatic carbocycles. The number of phenolic OH excluding ortho intramolecular Hbond substituents is 1. The number of amidine groups is 1. The third kappa shape index (κ3) is 7.41. The Morgan fingerprint density at radius 1 is 1.02 bits per heavy atom. The number of rotatable bonds is 9. The lowest BCUT2D eigenvalue weighted by molar-refractivity contribution is -0.122. The standard InChI is InChI=1S/C30H22Cl2N4O5S/c31-21-7-10-23(11-8-21)34-28(38)18-41-26-6-2-1-4-19(26)15-27-29(39)36(17-24-5-3-13-40-24)30(42-27)35-33-16-20-14-22(32)9-12-25(20)37/h1-16,37H,17-18H2,(H,34,38)/b27-15-,33-16-,35-30+. The zero-order chi connectivity index (χ0) is 29.5. The lowest BCUT2D eigenvalue weighted by Crippen LogP contribution is -2.28. The van der Waals surface area contributed by atoms with Crippen LogP contribution in [0.2, 0.25) is 10.0 Å². The molecular weight excluding hydrogens is 599 g/mol. The van der Waals surface area contributed by atoms with E-state index >= 15 is 0 Å². The fourth-order valence-corrected chi connectivity index (χ4v) is 5.03. The SMILES string of the molecule is O=C(COc1ccccc1/C=C1\S/C(=N/N=C\c2cc(Cl)ccc2O)N(Cc2ccco2)C1=O)Nc1ccc(Cl)cc1. The van der Waals surface area contributed by atoms with Crippen molar-refractivity contribution >= 4 is 69.9 Å². The number of nitrogens with one attached hydrogen (secondary N) is 1. The summed E-state index contributed by atoms with van der Waals surface area (Å²) < 4.78 is 11.2. The van der Waals surface area contributed by atoms with E-state index in [2.05, 4.69) is 15.5 Å².